The van der Waals surface area contributed by atoms with E-state index < -0.39 is 17.5 Å². The number of amides is 2. The van der Waals surface area contributed by atoms with E-state index >= 15 is 0 Å². The Balaban J connectivity index is 1.48. The molecule has 0 spiro atoms. The Bertz CT molecular complexity index is 1030. The summed E-state index contributed by atoms with van der Waals surface area (Å²) in [4.78, 5) is 23.9. The highest BCUT2D eigenvalue weighted by atomic mass is 19.2. The van der Waals surface area contributed by atoms with Crippen molar-refractivity contribution in [3.05, 3.63) is 77.9 Å². The molecule has 2 amide bonds. The number of halogens is 2. The third kappa shape index (κ3) is 5.36. The average Bonchev–Trinajstić information content (AvgIpc) is 2.72. The van der Waals surface area contributed by atoms with Gasteiger partial charge < -0.3 is 16.0 Å². The number of anilines is 1. The third-order valence-electron chi connectivity index (χ3n) is 4.51. The summed E-state index contributed by atoms with van der Waals surface area (Å²) in [6.45, 7) is 1.72. The fourth-order valence-corrected chi connectivity index (χ4v) is 3.00. The van der Waals surface area contributed by atoms with E-state index in [-0.39, 0.29) is 30.7 Å². The van der Waals surface area contributed by atoms with Gasteiger partial charge in [0.15, 0.2) is 11.6 Å². The Kier molecular flexibility index (Phi) is 6.51. The largest absolute Gasteiger partial charge is 0.346 e. The summed E-state index contributed by atoms with van der Waals surface area (Å²) in [7, 11) is 0. The van der Waals surface area contributed by atoms with Crippen LogP contribution in [0.1, 0.15) is 18.5 Å². The highest BCUT2D eigenvalue weighted by molar-refractivity contribution is 5.94. The van der Waals surface area contributed by atoms with E-state index in [1.807, 2.05) is 49.4 Å². The van der Waals surface area contributed by atoms with Crippen LogP contribution < -0.4 is 16.0 Å². The Morgan fingerprint density at radius 3 is 2.45 bits per heavy atom. The maximum absolute atomic E-state index is 13.2. The summed E-state index contributed by atoms with van der Waals surface area (Å²) in [5.41, 5.74) is 1.19. The van der Waals surface area contributed by atoms with Gasteiger partial charge in [0.05, 0.1) is 13.1 Å². The minimum Gasteiger partial charge on any atom is -0.346 e. The Morgan fingerprint density at radius 2 is 1.66 bits per heavy atom. The summed E-state index contributed by atoms with van der Waals surface area (Å²) in [5.74, 6) is -2.94. The van der Waals surface area contributed by atoms with Gasteiger partial charge in [-0.15, -0.1) is 0 Å². The van der Waals surface area contributed by atoms with E-state index in [4.69, 9.17) is 0 Å². The molecule has 3 aromatic carbocycles. The van der Waals surface area contributed by atoms with Crippen molar-refractivity contribution in [3.63, 3.8) is 0 Å². The molecule has 29 heavy (non-hydrogen) atoms. The van der Waals surface area contributed by atoms with Crippen LogP contribution in [0.25, 0.3) is 10.8 Å². The number of hydrogen-bond acceptors (Lipinski definition) is 3. The molecule has 0 unspecified atom stereocenters. The van der Waals surface area contributed by atoms with Crippen LogP contribution in [0.3, 0.4) is 0 Å². The minimum atomic E-state index is -1.06. The van der Waals surface area contributed by atoms with E-state index in [2.05, 4.69) is 16.0 Å². The highest BCUT2D eigenvalue weighted by Gasteiger charge is 2.12. The van der Waals surface area contributed by atoms with Crippen molar-refractivity contribution in [2.75, 3.05) is 18.4 Å². The van der Waals surface area contributed by atoms with E-state index in [9.17, 15) is 18.4 Å². The van der Waals surface area contributed by atoms with Crippen LogP contribution in [0.5, 0.6) is 0 Å². The number of rotatable bonds is 7. The first-order chi connectivity index (χ1) is 13.9. The minimum absolute atomic E-state index is 0.0306. The summed E-state index contributed by atoms with van der Waals surface area (Å²) in [5, 5.41) is 10.3. The van der Waals surface area contributed by atoms with Crippen LogP contribution >= 0.6 is 0 Å². The quantitative estimate of drug-likeness (QED) is 0.571. The lowest BCUT2D eigenvalue weighted by Crippen LogP contribution is -2.39. The second-order valence-electron chi connectivity index (χ2n) is 6.62. The molecule has 3 N–H and O–H groups in total. The molecular weight excluding hydrogens is 376 g/mol. The molecule has 5 nitrogen and oxygen atoms in total. The fourth-order valence-electron chi connectivity index (χ4n) is 3.00. The maximum Gasteiger partial charge on any atom is 0.243 e. The lowest BCUT2D eigenvalue weighted by Gasteiger charge is -2.16. The standard InChI is InChI=1S/C22H21F2N3O2/c1-14(17-8-4-6-15-5-2-3-7-18(15)17)25-12-21(28)26-13-22(29)27-16-9-10-19(23)20(24)11-16/h2-11,14,25H,12-13H2,1H3,(H,26,28)(H,27,29)/t14-/m0/s1. The SMILES string of the molecule is C[C@H](NCC(=O)NCC(=O)Nc1ccc(F)c(F)c1)c1cccc2ccccc12. The number of nitrogens with one attached hydrogen (secondary N) is 3. The van der Waals surface area contributed by atoms with E-state index in [1.54, 1.807) is 0 Å². The van der Waals surface area contributed by atoms with Crippen LogP contribution in [0, 0.1) is 11.6 Å². The predicted molar refractivity (Wildman–Crippen MR) is 108 cm³/mol. The molecule has 0 heterocycles. The van der Waals surface area contributed by atoms with Crippen LogP contribution in [0.2, 0.25) is 0 Å². The van der Waals surface area contributed by atoms with Crippen LogP contribution in [-0.4, -0.2) is 24.9 Å². The van der Waals surface area contributed by atoms with Gasteiger partial charge >= 0.3 is 0 Å². The molecule has 0 saturated carbocycles. The molecule has 0 aromatic heterocycles. The lowest BCUT2D eigenvalue weighted by molar-refractivity contribution is -0.123. The van der Waals surface area contributed by atoms with Gasteiger partial charge in [0.1, 0.15) is 0 Å². The van der Waals surface area contributed by atoms with Gasteiger partial charge in [-0.25, -0.2) is 8.78 Å². The first-order valence-corrected chi connectivity index (χ1v) is 9.16. The second kappa shape index (κ2) is 9.25. The summed E-state index contributed by atoms with van der Waals surface area (Å²) in [6.07, 6.45) is 0. The molecule has 150 valence electrons. The molecule has 0 saturated heterocycles. The summed E-state index contributed by atoms with van der Waals surface area (Å²) in [6, 6.07) is 17.0. The normalized spacial score (nSPS) is 11.8. The van der Waals surface area contributed by atoms with Gasteiger partial charge in [0, 0.05) is 17.8 Å². The van der Waals surface area contributed by atoms with Crippen molar-refractivity contribution in [3.8, 4) is 0 Å². The fraction of sp³-hybridized carbons (Fsp3) is 0.182. The first-order valence-electron chi connectivity index (χ1n) is 9.16. The predicted octanol–water partition coefficient (Wildman–Crippen LogP) is 3.52. The Labute approximate surface area is 167 Å². The van der Waals surface area contributed by atoms with Crippen LogP contribution in [0.4, 0.5) is 14.5 Å². The second-order valence-corrected chi connectivity index (χ2v) is 6.62. The van der Waals surface area contributed by atoms with Crippen molar-refractivity contribution in [2.24, 2.45) is 0 Å². The highest BCUT2D eigenvalue weighted by Crippen LogP contribution is 2.23. The Morgan fingerprint density at radius 1 is 0.897 bits per heavy atom. The zero-order valence-corrected chi connectivity index (χ0v) is 15.8. The monoisotopic (exact) mass is 397 g/mol. The average molecular weight is 397 g/mol. The number of hydrogen-bond donors (Lipinski definition) is 3. The van der Waals surface area contributed by atoms with Gasteiger partial charge in [-0.1, -0.05) is 42.5 Å². The molecule has 0 aliphatic carbocycles. The summed E-state index contributed by atoms with van der Waals surface area (Å²) < 4.78 is 26.1. The number of carbonyl (C=O) groups is 2. The molecule has 0 aliphatic rings. The molecule has 7 heteroatoms. The van der Waals surface area contributed by atoms with Gasteiger partial charge in [0.2, 0.25) is 11.8 Å². The molecule has 1 atom stereocenters. The van der Waals surface area contributed by atoms with Gasteiger partial charge in [0.25, 0.3) is 0 Å². The zero-order valence-electron chi connectivity index (χ0n) is 15.8. The van der Waals surface area contributed by atoms with Crippen molar-refractivity contribution < 1.29 is 18.4 Å². The first kappa shape index (κ1) is 20.4. The maximum atomic E-state index is 13.2. The molecule has 0 bridgehead atoms. The summed E-state index contributed by atoms with van der Waals surface area (Å²) >= 11 is 0. The van der Waals surface area contributed by atoms with Crippen molar-refractivity contribution >= 4 is 28.3 Å². The number of carbonyl (C=O) groups excluding carboxylic acids is 2. The number of fused-ring (bicyclic) bond motifs is 1. The molecule has 0 radical (unpaired) electrons. The van der Waals surface area contributed by atoms with Gasteiger partial charge in [-0.05, 0) is 35.4 Å². The topological polar surface area (TPSA) is 70.2 Å². The molecule has 0 fully saturated rings. The van der Waals surface area contributed by atoms with E-state index in [0.29, 0.717) is 0 Å². The van der Waals surface area contributed by atoms with Crippen LogP contribution in [-0.2, 0) is 9.59 Å². The molecule has 0 aliphatic heterocycles. The van der Waals surface area contributed by atoms with Gasteiger partial charge in [-0.2, -0.15) is 0 Å². The van der Waals surface area contributed by atoms with Crippen LogP contribution in [0.15, 0.2) is 60.7 Å². The van der Waals surface area contributed by atoms with Gasteiger partial charge in [-0.3, -0.25) is 9.59 Å². The molecule has 3 aromatic rings. The number of benzene rings is 3. The third-order valence-corrected chi connectivity index (χ3v) is 4.51. The van der Waals surface area contributed by atoms with E-state index in [1.165, 1.54) is 6.07 Å². The lowest BCUT2D eigenvalue weighted by atomic mass is 10.00. The van der Waals surface area contributed by atoms with Crippen molar-refractivity contribution in [2.45, 2.75) is 13.0 Å². The van der Waals surface area contributed by atoms with Crippen molar-refractivity contribution in [1.29, 1.82) is 0 Å². The smallest absolute Gasteiger partial charge is 0.243 e. The molecule has 3 rings (SSSR count). The Hall–Kier alpha value is -3.32. The molecular formula is C22H21F2N3O2. The van der Waals surface area contributed by atoms with Crippen molar-refractivity contribution in [1.82, 2.24) is 10.6 Å². The van der Waals surface area contributed by atoms with E-state index in [0.717, 1.165) is 28.5 Å². The zero-order chi connectivity index (χ0) is 20.8.